The molecular formula is C27H25FN4O4S. The normalized spacial score (nSPS) is 22.3. The molecule has 37 heavy (non-hydrogen) atoms. The number of carbonyl (C=O) groups is 2. The molecule has 0 spiro atoms. The van der Waals surface area contributed by atoms with Crippen LogP contribution in [0.1, 0.15) is 30.0 Å². The van der Waals surface area contributed by atoms with E-state index in [1.54, 1.807) is 49.5 Å². The Hall–Kier alpha value is -3.63. The molecule has 0 bridgehead atoms. The number of amides is 3. The van der Waals surface area contributed by atoms with E-state index < -0.39 is 23.1 Å². The van der Waals surface area contributed by atoms with E-state index in [1.165, 1.54) is 22.7 Å². The zero-order valence-electron chi connectivity index (χ0n) is 20.1. The number of pyridine rings is 1. The summed E-state index contributed by atoms with van der Waals surface area (Å²) in [7, 11) is 0. The summed E-state index contributed by atoms with van der Waals surface area (Å²) in [5.74, 6) is -0.127. The molecule has 4 heterocycles. The van der Waals surface area contributed by atoms with Crippen molar-refractivity contribution in [2.75, 3.05) is 18.1 Å². The first-order valence-electron chi connectivity index (χ1n) is 12.2. The van der Waals surface area contributed by atoms with Crippen molar-refractivity contribution in [3.63, 3.8) is 0 Å². The second kappa shape index (κ2) is 9.68. The molecule has 8 nitrogen and oxygen atoms in total. The summed E-state index contributed by atoms with van der Waals surface area (Å²) in [6, 6.07) is 12.8. The summed E-state index contributed by atoms with van der Waals surface area (Å²) in [4.78, 5) is 32.5. The van der Waals surface area contributed by atoms with Crippen LogP contribution in [0.3, 0.4) is 0 Å². The molecule has 3 aliphatic rings. The molecule has 3 aromatic rings. The van der Waals surface area contributed by atoms with Gasteiger partial charge in [0.25, 0.3) is 0 Å². The summed E-state index contributed by atoms with van der Waals surface area (Å²) in [5, 5.41) is 6.15. The maximum Gasteiger partial charge on any atom is 0.327 e. The molecule has 3 atom stereocenters. The number of ether oxygens (including phenoxy) is 2. The lowest BCUT2D eigenvalue weighted by Gasteiger charge is -2.35. The lowest BCUT2D eigenvalue weighted by Crippen LogP contribution is -2.51. The number of urea groups is 1. The van der Waals surface area contributed by atoms with Gasteiger partial charge in [-0.2, -0.15) is 0 Å². The maximum absolute atomic E-state index is 15.4. The lowest BCUT2D eigenvalue weighted by atomic mass is 9.99. The largest absolute Gasteiger partial charge is 0.454 e. The van der Waals surface area contributed by atoms with Crippen molar-refractivity contribution < 1.29 is 23.5 Å². The zero-order chi connectivity index (χ0) is 25.5. The highest BCUT2D eigenvalue weighted by Gasteiger charge is 2.47. The second-order valence-electron chi connectivity index (χ2n) is 9.21. The van der Waals surface area contributed by atoms with Gasteiger partial charge in [0.1, 0.15) is 16.0 Å². The third kappa shape index (κ3) is 4.30. The van der Waals surface area contributed by atoms with Crippen molar-refractivity contribution in [2.24, 2.45) is 0 Å². The highest BCUT2D eigenvalue weighted by molar-refractivity contribution is 8.01. The van der Waals surface area contributed by atoms with Crippen LogP contribution in [0.5, 0.6) is 11.5 Å². The van der Waals surface area contributed by atoms with Crippen LogP contribution < -0.4 is 20.3 Å². The molecule has 1 fully saturated rings. The van der Waals surface area contributed by atoms with Gasteiger partial charge in [-0.3, -0.25) is 9.69 Å². The van der Waals surface area contributed by atoms with Crippen LogP contribution in [-0.2, 0) is 9.53 Å². The molecular weight excluding hydrogens is 495 g/mol. The number of thioether (sulfide) groups is 1. The Bertz CT molecular complexity index is 1370. The molecule has 10 heteroatoms. The Labute approximate surface area is 217 Å². The fourth-order valence-corrected chi connectivity index (χ4v) is 6.22. The fraction of sp³-hybridized carbons (Fsp3) is 0.296. The maximum atomic E-state index is 15.4. The average Bonchev–Trinajstić information content (AvgIpc) is 3.28. The predicted molar refractivity (Wildman–Crippen MR) is 137 cm³/mol. The van der Waals surface area contributed by atoms with Gasteiger partial charge in [0, 0.05) is 23.9 Å². The van der Waals surface area contributed by atoms with Gasteiger partial charge in [-0.25, -0.2) is 14.2 Å². The van der Waals surface area contributed by atoms with E-state index in [2.05, 4.69) is 15.6 Å². The van der Waals surface area contributed by atoms with Crippen molar-refractivity contribution in [1.82, 2.24) is 15.6 Å². The first kappa shape index (κ1) is 23.7. The number of nitrogens with one attached hydrogen (secondary N) is 2. The van der Waals surface area contributed by atoms with Gasteiger partial charge in [-0.15, -0.1) is 0 Å². The molecule has 0 radical (unpaired) electrons. The lowest BCUT2D eigenvalue weighted by molar-refractivity contribution is -0.122. The highest BCUT2D eigenvalue weighted by Crippen LogP contribution is 2.51. The van der Waals surface area contributed by atoms with E-state index in [0.29, 0.717) is 35.4 Å². The van der Waals surface area contributed by atoms with Gasteiger partial charge in [0.15, 0.2) is 11.6 Å². The molecule has 190 valence electrons. The van der Waals surface area contributed by atoms with Crippen molar-refractivity contribution >= 4 is 35.1 Å². The number of nitrogens with zero attached hydrogens (tertiary/aromatic N) is 2. The monoisotopic (exact) mass is 520 g/mol. The predicted octanol–water partition coefficient (Wildman–Crippen LogP) is 4.99. The number of anilines is 2. The van der Waals surface area contributed by atoms with Gasteiger partial charge in [-0.1, -0.05) is 30.0 Å². The van der Waals surface area contributed by atoms with Crippen LogP contribution in [0.4, 0.5) is 20.6 Å². The molecule has 2 aromatic carbocycles. The summed E-state index contributed by atoms with van der Waals surface area (Å²) in [6.07, 6.45) is 3.37. The van der Waals surface area contributed by atoms with Gasteiger partial charge >= 0.3 is 6.03 Å². The van der Waals surface area contributed by atoms with Gasteiger partial charge in [0.2, 0.25) is 5.91 Å². The number of carbonyl (C=O) groups excluding carboxylic acids is 2. The van der Waals surface area contributed by atoms with Crippen LogP contribution in [0, 0.1) is 12.7 Å². The molecule has 0 aliphatic carbocycles. The summed E-state index contributed by atoms with van der Waals surface area (Å²) in [6.45, 7) is 2.80. The smallest absolute Gasteiger partial charge is 0.327 e. The van der Waals surface area contributed by atoms with E-state index in [9.17, 15) is 9.59 Å². The number of rotatable bonds is 5. The van der Waals surface area contributed by atoms with Crippen LogP contribution in [0.25, 0.3) is 0 Å². The Balaban J connectivity index is 1.30. The van der Waals surface area contributed by atoms with Crippen LogP contribution in [0.2, 0.25) is 0 Å². The highest BCUT2D eigenvalue weighted by atomic mass is 32.2. The minimum Gasteiger partial charge on any atom is -0.454 e. The van der Waals surface area contributed by atoms with Crippen LogP contribution in [-0.4, -0.2) is 41.4 Å². The number of hydrogen-bond acceptors (Lipinski definition) is 6. The minimum atomic E-state index is -0.559. The van der Waals surface area contributed by atoms with Crippen LogP contribution >= 0.6 is 11.8 Å². The number of halogens is 1. The molecule has 0 saturated carbocycles. The zero-order valence-corrected chi connectivity index (χ0v) is 20.9. The fourth-order valence-electron chi connectivity index (χ4n) is 4.99. The molecule has 3 amide bonds. The molecule has 6 rings (SSSR count). The van der Waals surface area contributed by atoms with Crippen molar-refractivity contribution in [1.29, 1.82) is 0 Å². The summed E-state index contributed by atoms with van der Waals surface area (Å²) in [5.41, 5.74) is 2.00. The van der Waals surface area contributed by atoms with E-state index >= 15 is 4.39 Å². The first-order chi connectivity index (χ1) is 18.0. The summed E-state index contributed by atoms with van der Waals surface area (Å²) >= 11 is 1.33. The average molecular weight is 521 g/mol. The second-order valence-corrected chi connectivity index (χ2v) is 10.3. The molecule has 1 aromatic heterocycles. The third-order valence-corrected chi connectivity index (χ3v) is 8.09. The number of para-hydroxylation sites is 1. The van der Waals surface area contributed by atoms with E-state index in [4.69, 9.17) is 9.47 Å². The third-order valence-electron chi connectivity index (χ3n) is 6.81. The van der Waals surface area contributed by atoms with Crippen LogP contribution in [0.15, 0.2) is 59.8 Å². The van der Waals surface area contributed by atoms with Gasteiger partial charge in [0.05, 0.1) is 30.1 Å². The Morgan fingerprint density at radius 1 is 1.22 bits per heavy atom. The molecule has 2 unspecified atom stereocenters. The van der Waals surface area contributed by atoms with Crippen molar-refractivity contribution in [2.45, 2.75) is 42.1 Å². The van der Waals surface area contributed by atoms with Gasteiger partial charge < -0.3 is 20.1 Å². The number of benzene rings is 2. The topological polar surface area (TPSA) is 92.8 Å². The Kier molecular flexibility index (Phi) is 6.21. The van der Waals surface area contributed by atoms with E-state index in [1.807, 2.05) is 6.07 Å². The van der Waals surface area contributed by atoms with Gasteiger partial charge in [-0.05, 0) is 50.1 Å². The number of aromatic nitrogens is 1. The quantitative estimate of drug-likeness (QED) is 0.492. The van der Waals surface area contributed by atoms with E-state index in [-0.39, 0.29) is 23.3 Å². The molecule has 1 saturated heterocycles. The minimum absolute atomic E-state index is 0.0453. The summed E-state index contributed by atoms with van der Waals surface area (Å²) < 4.78 is 26.6. The molecule has 2 N–H and O–H groups in total. The van der Waals surface area contributed by atoms with E-state index in [0.717, 1.165) is 18.4 Å². The van der Waals surface area contributed by atoms with Crippen molar-refractivity contribution in [3.8, 4) is 11.5 Å². The number of hydrogen-bond donors (Lipinski definition) is 2. The molecule has 3 aliphatic heterocycles. The SMILES string of the molecule is Cc1c(N2C(=O)NC3c4c2ccnc4S[C@H]3C(=O)NC2CCCOC2)ccc(Oc2ccccc2)c1F. The Morgan fingerprint density at radius 3 is 2.84 bits per heavy atom. The standard InChI is InChI=1S/C27H25FN4O4S/c1-15-18(9-10-20(22(15)28)36-17-7-3-2-4-8-17)32-19-11-12-29-26-21(19)23(31-27(32)34)24(37-26)25(33)30-16-6-5-13-35-14-16/h2-4,7-12,16,23-24H,5-6,13-14H2,1H3,(H,30,33)(H,31,34)/t16?,23?,24-/m1/s1. The van der Waals surface area contributed by atoms with Crippen molar-refractivity contribution in [3.05, 3.63) is 71.7 Å². The Morgan fingerprint density at radius 2 is 2.05 bits per heavy atom. The first-order valence-corrected chi connectivity index (χ1v) is 13.1.